The Morgan fingerprint density at radius 3 is 1.95 bits per heavy atom. The van der Waals surface area contributed by atoms with Crippen molar-refractivity contribution < 1.29 is 14.1 Å². The highest BCUT2D eigenvalue weighted by atomic mass is 31.2. The first-order valence-electron chi connectivity index (χ1n) is 13.5. The molecule has 0 spiro atoms. The van der Waals surface area contributed by atoms with Crippen LogP contribution >= 0.6 is 7.14 Å². The first-order valence-corrected chi connectivity index (χ1v) is 15.2. The Hall–Kier alpha value is -3.82. The molecule has 0 saturated heterocycles. The Labute approximate surface area is 229 Å². The molecule has 3 aliphatic rings. The fourth-order valence-electron chi connectivity index (χ4n) is 6.89. The summed E-state index contributed by atoms with van der Waals surface area (Å²) in [7, 11) is 2.61. The molecule has 0 radical (unpaired) electrons. The number of nitrogens with zero attached hydrogens (tertiary/aromatic N) is 2. The predicted molar refractivity (Wildman–Crippen MR) is 159 cm³/mol. The van der Waals surface area contributed by atoms with Crippen LogP contribution in [-0.4, -0.2) is 40.6 Å². The van der Waals surface area contributed by atoms with Crippen molar-refractivity contribution in [1.29, 1.82) is 0 Å². The summed E-state index contributed by atoms with van der Waals surface area (Å²) in [6.45, 7) is 1.86. The molecule has 6 heteroatoms. The van der Waals surface area contributed by atoms with Crippen molar-refractivity contribution in [3.05, 3.63) is 106 Å². The average molecular weight is 535 g/mol. The Morgan fingerprint density at radius 1 is 0.821 bits per heavy atom. The van der Waals surface area contributed by atoms with Gasteiger partial charge in [0.2, 0.25) is 0 Å². The molecule has 7 rings (SSSR count). The standard InChI is InChI=1S/C33H31N2O3P/c1-34-14-12-21-16-25-30(18-27(21)34)39(37,24-9-5-4-6-10-24)31-19-28-22(13-15-35(28)2)17-26(31)33(25)32-23(20-36)8-7-11-29(32)38-3/h4-11,16-20,33H,12-15H2,1-3H3. The normalized spacial score (nSPS) is 20.7. The Kier molecular flexibility index (Phi) is 5.50. The van der Waals surface area contributed by atoms with E-state index in [1.807, 2.05) is 48.5 Å². The molecule has 4 aromatic rings. The van der Waals surface area contributed by atoms with E-state index >= 15 is 4.57 Å². The lowest BCUT2D eigenvalue weighted by Crippen LogP contribution is -2.37. The van der Waals surface area contributed by atoms with Crippen LogP contribution in [0.4, 0.5) is 11.4 Å². The average Bonchev–Trinajstić information content (AvgIpc) is 3.53. The van der Waals surface area contributed by atoms with Crippen LogP contribution < -0.4 is 30.5 Å². The summed E-state index contributed by atoms with van der Waals surface area (Å²) in [4.78, 5) is 17.0. The fourth-order valence-corrected chi connectivity index (χ4v) is 10.0. The molecule has 196 valence electrons. The lowest BCUT2D eigenvalue weighted by molar-refractivity contribution is 0.112. The highest BCUT2D eigenvalue weighted by molar-refractivity contribution is 7.85. The van der Waals surface area contributed by atoms with Gasteiger partial charge in [-0.2, -0.15) is 0 Å². The zero-order valence-electron chi connectivity index (χ0n) is 22.5. The Balaban J connectivity index is 1.64. The van der Waals surface area contributed by atoms with Gasteiger partial charge in [0, 0.05) is 71.5 Å². The summed E-state index contributed by atoms with van der Waals surface area (Å²) in [6.07, 6.45) is 2.80. The summed E-state index contributed by atoms with van der Waals surface area (Å²) in [5.41, 5.74) is 8.27. The predicted octanol–water partition coefficient (Wildman–Crippen LogP) is 4.63. The summed E-state index contributed by atoms with van der Waals surface area (Å²) < 4.78 is 21.7. The van der Waals surface area contributed by atoms with Crippen molar-refractivity contribution in [1.82, 2.24) is 0 Å². The number of fused-ring (bicyclic) bond motifs is 4. The number of ether oxygens (including phenoxy) is 1. The van der Waals surface area contributed by atoms with Gasteiger partial charge in [0.15, 0.2) is 7.14 Å². The molecular weight excluding hydrogens is 503 g/mol. The first-order chi connectivity index (χ1) is 19.0. The SMILES string of the molecule is COc1cccc(C=O)c1C1c2cc3c(cc2P(=O)(c2ccccc2)c2cc4c(cc21)CCN4C)N(C)CC3. The summed E-state index contributed by atoms with van der Waals surface area (Å²) >= 11 is 0. The van der Waals surface area contributed by atoms with Crippen LogP contribution in [0.3, 0.4) is 0 Å². The van der Waals surface area contributed by atoms with E-state index < -0.39 is 7.14 Å². The second-order valence-electron chi connectivity index (χ2n) is 10.9. The molecule has 5 nitrogen and oxygen atoms in total. The van der Waals surface area contributed by atoms with Crippen LogP contribution in [0.25, 0.3) is 0 Å². The van der Waals surface area contributed by atoms with Gasteiger partial charge in [-0.15, -0.1) is 0 Å². The Morgan fingerprint density at radius 2 is 1.41 bits per heavy atom. The van der Waals surface area contributed by atoms with Gasteiger partial charge in [0.25, 0.3) is 0 Å². The van der Waals surface area contributed by atoms with Crippen LogP contribution in [0.2, 0.25) is 0 Å². The summed E-state index contributed by atoms with van der Waals surface area (Å²) in [5.74, 6) is 0.401. The van der Waals surface area contributed by atoms with E-state index in [0.717, 1.165) is 76.2 Å². The van der Waals surface area contributed by atoms with Gasteiger partial charge >= 0.3 is 0 Å². The number of aldehydes is 1. The second kappa shape index (κ2) is 8.86. The van der Waals surface area contributed by atoms with E-state index in [9.17, 15) is 4.79 Å². The van der Waals surface area contributed by atoms with Gasteiger partial charge in [0.05, 0.1) is 7.11 Å². The van der Waals surface area contributed by atoms with Gasteiger partial charge in [-0.05, 0) is 53.3 Å². The van der Waals surface area contributed by atoms with Gasteiger partial charge in [-0.25, -0.2) is 0 Å². The molecule has 0 N–H and O–H groups in total. The molecule has 0 amide bonds. The van der Waals surface area contributed by atoms with Crippen molar-refractivity contribution in [3.8, 4) is 5.75 Å². The van der Waals surface area contributed by atoms with E-state index in [1.54, 1.807) is 7.11 Å². The number of anilines is 2. The molecule has 0 atom stereocenters. The number of methoxy groups -OCH3 is 1. The van der Waals surface area contributed by atoms with E-state index in [2.05, 4.69) is 48.2 Å². The van der Waals surface area contributed by atoms with E-state index in [1.165, 1.54) is 11.1 Å². The van der Waals surface area contributed by atoms with Crippen LogP contribution in [0.15, 0.2) is 72.8 Å². The number of carbonyl (C=O) groups is 1. The minimum atomic E-state index is -3.25. The maximum atomic E-state index is 15.8. The van der Waals surface area contributed by atoms with E-state index in [4.69, 9.17) is 4.74 Å². The number of hydrogen-bond donors (Lipinski definition) is 0. The molecule has 0 aromatic heterocycles. The molecule has 0 aliphatic carbocycles. The second-order valence-corrected chi connectivity index (χ2v) is 13.6. The van der Waals surface area contributed by atoms with Gasteiger partial charge in [-0.1, -0.05) is 54.6 Å². The van der Waals surface area contributed by atoms with E-state index in [0.29, 0.717) is 11.3 Å². The molecule has 0 unspecified atom stereocenters. The minimum Gasteiger partial charge on any atom is -0.496 e. The van der Waals surface area contributed by atoms with Crippen LogP contribution in [0.1, 0.15) is 44.1 Å². The van der Waals surface area contributed by atoms with Crippen LogP contribution in [-0.2, 0) is 17.4 Å². The summed E-state index contributed by atoms with van der Waals surface area (Å²) in [6, 6.07) is 24.5. The maximum Gasteiger partial charge on any atom is 0.171 e. The molecule has 3 aliphatic heterocycles. The third-order valence-electron chi connectivity index (χ3n) is 8.87. The fraction of sp³-hybridized carbons (Fsp3) is 0.242. The number of benzene rings is 4. The first kappa shape index (κ1) is 24.2. The number of hydrogen-bond acceptors (Lipinski definition) is 5. The Bertz CT molecular complexity index is 1620. The molecule has 0 fully saturated rings. The summed E-state index contributed by atoms with van der Waals surface area (Å²) in [5, 5.41) is 2.56. The molecule has 4 aromatic carbocycles. The zero-order valence-corrected chi connectivity index (χ0v) is 23.4. The number of rotatable bonds is 4. The molecule has 39 heavy (non-hydrogen) atoms. The number of likely N-dealkylation sites (N-methyl/N-ethyl adjacent to an activating group) is 2. The third-order valence-corrected chi connectivity index (χ3v) is 12.0. The maximum absolute atomic E-state index is 15.8. The third kappa shape index (κ3) is 3.39. The quantitative estimate of drug-likeness (QED) is 0.249. The topological polar surface area (TPSA) is 49.9 Å². The van der Waals surface area contributed by atoms with Crippen molar-refractivity contribution in [2.24, 2.45) is 0 Å². The molecule has 0 saturated carbocycles. The van der Waals surface area contributed by atoms with Crippen molar-refractivity contribution in [2.75, 3.05) is 44.1 Å². The minimum absolute atomic E-state index is 0.274. The zero-order chi connectivity index (χ0) is 26.9. The van der Waals surface area contributed by atoms with Gasteiger partial charge in [0.1, 0.15) is 12.0 Å². The highest BCUT2D eigenvalue weighted by Crippen LogP contribution is 2.56. The van der Waals surface area contributed by atoms with Crippen molar-refractivity contribution in [2.45, 2.75) is 18.8 Å². The van der Waals surface area contributed by atoms with Crippen molar-refractivity contribution >= 4 is 40.7 Å². The molecule has 3 heterocycles. The van der Waals surface area contributed by atoms with Gasteiger partial charge < -0.3 is 19.1 Å². The van der Waals surface area contributed by atoms with Gasteiger partial charge in [-0.3, -0.25) is 4.79 Å². The highest BCUT2D eigenvalue weighted by Gasteiger charge is 2.45. The monoisotopic (exact) mass is 534 g/mol. The largest absolute Gasteiger partial charge is 0.496 e. The lowest BCUT2D eigenvalue weighted by Gasteiger charge is -2.37. The van der Waals surface area contributed by atoms with Crippen LogP contribution in [0, 0.1) is 0 Å². The molecule has 0 bridgehead atoms. The number of carbonyl (C=O) groups excluding carboxylic acids is 1. The van der Waals surface area contributed by atoms with Crippen LogP contribution in [0.5, 0.6) is 5.75 Å². The molecular formula is C33H31N2O3P. The van der Waals surface area contributed by atoms with Crippen molar-refractivity contribution in [3.63, 3.8) is 0 Å². The lowest BCUT2D eigenvalue weighted by atomic mass is 9.80. The smallest absolute Gasteiger partial charge is 0.171 e. The van der Waals surface area contributed by atoms with E-state index in [-0.39, 0.29) is 5.92 Å².